The Bertz CT molecular complexity index is 3160. The Balaban J connectivity index is 1.17. The number of hydrogen-bond donors (Lipinski definition) is 0. The number of aromatic nitrogens is 3. The molecule has 0 amide bonds. The molecule has 0 aliphatic heterocycles. The zero-order valence-electron chi connectivity index (χ0n) is 28.5. The lowest BCUT2D eigenvalue weighted by molar-refractivity contribution is 0.673. The largest absolute Gasteiger partial charge is 0.455 e. The van der Waals surface area contributed by atoms with Crippen molar-refractivity contribution in [1.29, 1.82) is 0 Å². The fraction of sp³-hybridized carbons (Fsp3) is 0. The second kappa shape index (κ2) is 11.7. The molecule has 0 N–H and O–H groups in total. The molecule has 0 spiro atoms. The molecule has 0 fully saturated rings. The van der Waals surface area contributed by atoms with E-state index in [1.807, 2.05) is 60.7 Å². The molecule has 0 radical (unpaired) electrons. The summed E-state index contributed by atoms with van der Waals surface area (Å²) in [4.78, 5) is 14.9. The number of furan rings is 1. The van der Waals surface area contributed by atoms with E-state index in [-0.39, 0.29) is 0 Å². The van der Waals surface area contributed by atoms with Gasteiger partial charge in [0.1, 0.15) is 11.2 Å². The van der Waals surface area contributed by atoms with E-state index in [2.05, 4.69) is 115 Å². The zero-order valence-corrected chi connectivity index (χ0v) is 28.5. The van der Waals surface area contributed by atoms with Crippen LogP contribution in [-0.4, -0.2) is 15.0 Å². The third-order valence-electron chi connectivity index (χ3n) is 10.5. The summed E-state index contributed by atoms with van der Waals surface area (Å²) in [5.74, 6) is 1.93. The van der Waals surface area contributed by atoms with E-state index < -0.39 is 0 Å². The second-order valence-corrected chi connectivity index (χ2v) is 13.6. The van der Waals surface area contributed by atoms with Gasteiger partial charge in [0.2, 0.25) is 0 Å². The molecule has 9 aromatic carbocycles. The van der Waals surface area contributed by atoms with Crippen LogP contribution in [0.15, 0.2) is 180 Å². The van der Waals surface area contributed by atoms with Crippen LogP contribution < -0.4 is 0 Å². The molecule has 0 saturated carbocycles. The third kappa shape index (κ3) is 4.73. The molecular formula is C49H29N3O. The minimum Gasteiger partial charge on any atom is -0.455 e. The summed E-state index contributed by atoms with van der Waals surface area (Å²) in [5, 5.41) is 11.6. The average Bonchev–Trinajstić information content (AvgIpc) is 3.64. The summed E-state index contributed by atoms with van der Waals surface area (Å²) in [6, 6.07) is 61.6. The molecular weight excluding hydrogens is 647 g/mol. The minimum atomic E-state index is 0.636. The Morgan fingerprint density at radius 3 is 1.58 bits per heavy atom. The van der Waals surface area contributed by atoms with Crippen LogP contribution >= 0.6 is 0 Å². The van der Waals surface area contributed by atoms with Crippen molar-refractivity contribution in [1.82, 2.24) is 15.0 Å². The molecule has 53 heavy (non-hydrogen) atoms. The molecule has 0 saturated heterocycles. The van der Waals surface area contributed by atoms with Gasteiger partial charge in [-0.15, -0.1) is 0 Å². The van der Waals surface area contributed by atoms with E-state index in [1.165, 1.54) is 21.5 Å². The van der Waals surface area contributed by atoms with Crippen LogP contribution in [0.2, 0.25) is 0 Å². The van der Waals surface area contributed by atoms with Crippen LogP contribution in [0.3, 0.4) is 0 Å². The number of benzene rings is 9. The van der Waals surface area contributed by atoms with Crippen molar-refractivity contribution >= 4 is 65.0 Å². The van der Waals surface area contributed by atoms with E-state index in [0.717, 1.165) is 71.3 Å². The molecule has 4 nitrogen and oxygen atoms in total. The van der Waals surface area contributed by atoms with Crippen LogP contribution in [0, 0.1) is 0 Å². The first-order valence-electron chi connectivity index (χ1n) is 17.9. The maximum atomic E-state index is 6.91. The SMILES string of the molecule is c1ccc(-c2nc(-c3ccccc3)nc(-c3ccc4c(-c5cc6ccc7ccccc7c6c6oc7ccc8ccccc8c7c56)cccc4c3)n2)cc1. The monoisotopic (exact) mass is 675 g/mol. The Hall–Kier alpha value is -7.17. The predicted octanol–water partition coefficient (Wildman–Crippen LogP) is 13.1. The molecule has 4 heteroatoms. The summed E-state index contributed by atoms with van der Waals surface area (Å²) >= 11 is 0. The number of fused-ring (bicyclic) bond motifs is 10. The van der Waals surface area contributed by atoms with Crippen molar-refractivity contribution < 1.29 is 4.42 Å². The Kier molecular flexibility index (Phi) is 6.52. The fourth-order valence-corrected chi connectivity index (χ4v) is 8.00. The molecule has 2 aromatic heterocycles. The van der Waals surface area contributed by atoms with Crippen molar-refractivity contribution in [3.05, 3.63) is 176 Å². The first kappa shape index (κ1) is 29.5. The van der Waals surface area contributed by atoms with E-state index in [9.17, 15) is 0 Å². The van der Waals surface area contributed by atoms with E-state index in [0.29, 0.717) is 17.5 Å². The molecule has 0 aliphatic carbocycles. The molecule has 0 aliphatic rings. The van der Waals surface area contributed by atoms with E-state index >= 15 is 0 Å². The standard InChI is InChI=1S/C49H29N3O/c1-3-14-32(15-4-1)47-50-48(33-16-5-2-6-17-33)52-49(51-47)36-24-26-37-34(28-36)18-11-21-40(37)41-29-35-23-22-30-12-7-9-19-38(30)43(35)46-45(41)44-39-20-10-8-13-31(39)25-27-42(44)53-46/h1-29H. The van der Waals surface area contributed by atoms with Gasteiger partial charge in [-0.2, -0.15) is 0 Å². The highest BCUT2D eigenvalue weighted by molar-refractivity contribution is 6.31. The van der Waals surface area contributed by atoms with Crippen LogP contribution in [0.5, 0.6) is 0 Å². The molecule has 11 aromatic rings. The summed E-state index contributed by atoms with van der Waals surface area (Å²) in [7, 11) is 0. The smallest absolute Gasteiger partial charge is 0.164 e. The average molecular weight is 676 g/mol. The first-order valence-corrected chi connectivity index (χ1v) is 17.9. The Morgan fingerprint density at radius 1 is 0.321 bits per heavy atom. The zero-order chi connectivity index (χ0) is 34.9. The van der Waals surface area contributed by atoms with Gasteiger partial charge in [-0.25, -0.2) is 15.0 Å². The highest BCUT2D eigenvalue weighted by atomic mass is 16.3. The van der Waals surface area contributed by atoms with Gasteiger partial charge in [0, 0.05) is 32.8 Å². The van der Waals surface area contributed by atoms with E-state index in [1.54, 1.807) is 0 Å². The maximum absolute atomic E-state index is 6.91. The summed E-state index contributed by atoms with van der Waals surface area (Å²) < 4.78 is 6.91. The van der Waals surface area contributed by atoms with Gasteiger partial charge in [-0.05, 0) is 67.0 Å². The number of hydrogen-bond acceptors (Lipinski definition) is 4. The van der Waals surface area contributed by atoms with Gasteiger partial charge in [0.05, 0.1) is 0 Å². The van der Waals surface area contributed by atoms with Crippen LogP contribution in [0.25, 0.3) is 110 Å². The lowest BCUT2D eigenvalue weighted by Gasteiger charge is -2.13. The topological polar surface area (TPSA) is 51.8 Å². The van der Waals surface area contributed by atoms with Crippen LogP contribution in [-0.2, 0) is 0 Å². The van der Waals surface area contributed by atoms with Gasteiger partial charge in [-0.3, -0.25) is 0 Å². The minimum absolute atomic E-state index is 0.636. The lowest BCUT2D eigenvalue weighted by Crippen LogP contribution is -2.00. The van der Waals surface area contributed by atoms with Crippen LogP contribution in [0.4, 0.5) is 0 Å². The Morgan fingerprint density at radius 2 is 0.887 bits per heavy atom. The van der Waals surface area contributed by atoms with Crippen molar-refractivity contribution in [2.75, 3.05) is 0 Å². The molecule has 0 atom stereocenters. The maximum Gasteiger partial charge on any atom is 0.164 e. The third-order valence-corrected chi connectivity index (χ3v) is 10.5. The van der Waals surface area contributed by atoms with Gasteiger partial charge in [0.25, 0.3) is 0 Å². The van der Waals surface area contributed by atoms with E-state index in [4.69, 9.17) is 19.4 Å². The van der Waals surface area contributed by atoms with Gasteiger partial charge in [0.15, 0.2) is 17.5 Å². The fourth-order valence-electron chi connectivity index (χ4n) is 8.00. The van der Waals surface area contributed by atoms with Crippen LogP contribution in [0.1, 0.15) is 0 Å². The van der Waals surface area contributed by atoms with Crippen molar-refractivity contribution in [3.63, 3.8) is 0 Å². The number of nitrogens with zero attached hydrogens (tertiary/aromatic N) is 3. The number of rotatable bonds is 4. The summed E-state index contributed by atoms with van der Waals surface area (Å²) in [6.07, 6.45) is 0. The van der Waals surface area contributed by atoms with Crippen molar-refractivity contribution in [3.8, 4) is 45.3 Å². The molecule has 2 heterocycles. The molecule has 246 valence electrons. The van der Waals surface area contributed by atoms with Gasteiger partial charge >= 0.3 is 0 Å². The molecule has 0 unspecified atom stereocenters. The Labute approximate surface area is 304 Å². The van der Waals surface area contributed by atoms with Gasteiger partial charge in [-0.1, -0.05) is 158 Å². The highest BCUT2D eigenvalue weighted by Crippen LogP contribution is 2.46. The van der Waals surface area contributed by atoms with Gasteiger partial charge < -0.3 is 4.42 Å². The molecule has 11 rings (SSSR count). The second-order valence-electron chi connectivity index (χ2n) is 13.6. The normalized spacial score (nSPS) is 11.8. The summed E-state index contributed by atoms with van der Waals surface area (Å²) in [5.41, 5.74) is 6.93. The first-order chi connectivity index (χ1) is 26.3. The predicted molar refractivity (Wildman–Crippen MR) is 219 cm³/mol. The lowest BCUT2D eigenvalue weighted by atomic mass is 9.89. The van der Waals surface area contributed by atoms with Crippen molar-refractivity contribution in [2.24, 2.45) is 0 Å². The quantitative estimate of drug-likeness (QED) is 0.174. The molecule has 0 bridgehead atoms. The van der Waals surface area contributed by atoms with Crippen molar-refractivity contribution in [2.45, 2.75) is 0 Å². The summed E-state index contributed by atoms with van der Waals surface area (Å²) in [6.45, 7) is 0. The highest BCUT2D eigenvalue weighted by Gasteiger charge is 2.21.